The molecule has 0 fully saturated rings. The minimum absolute atomic E-state index is 0.0934. The third-order valence-electron chi connectivity index (χ3n) is 2.80. The number of carbonyl (C=O) groups is 1. The number of methoxy groups -OCH3 is 1. The Balaban J connectivity index is 2.24. The first-order valence-corrected chi connectivity index (χ1v) is 6.48. The molecule has 3 aromatic rings. The number of rotatable bonds is 2. The maximum Gasteiger partial charge on any atom is 0.310 e. The Kier molecular flexibility index (Phi) is 2.79. The zero-order valence-electron chi connectivity index (χ0n) is 10.1. The number of hydrogen-bond acceptors (Lipinski definition) is 5. The lowest BCUT2D eigenvalue weighted by Gasteiger charge is -1.99. The van der Waals surface area contributed by atoms with Gasteiger partial charge in [-0.25, -0.2) is 4.98 Å². The molecule has 2 aromatic heterocycles. The van der Waals surface area contributed by atoms with Crippen LogP contribution in [0.25, 0.3) is 16.0 Å². The highest BCUT2D eigenvalue weighted by Crippen LogP contribution is 2.19. The number of para-hydroxylation sites is 2. The van der Waals surface area contributed by atoms with Gasteiger partial charge in [0.2, 0.25) is 0 Å². The number of fused-ring (bicyclic) bond motifs is 3. The molecular formula is C13H10N2O3S. The monoisotopic (exact) mass is 274 g/mol. The molecule has 19 heavy (non-hydrogen) atoms. The molecule has 0 radical (unpaired) electrons. The van der Waals surface area contributed by atoms with Crippen LogP contribution in [0.5, 0.6) is 0 Å². The van der Waals surface area contributed by atoms with E-state index >= 15 is 0 Å². The topological polar surface area (TPSA) is 60.7 Å². The van der Waals surface area contributed by atoms with Gasteiger partial charge in [0.15, 0.2) is 4.96 Å². The quantitative estimate of drug-likeness (QED) is 0.666. The van der Waals surface area contributed by atoms with Crippen molar-refractivity contribution in [3.05, 3.63) is 45.6 Å². The summed E-state index contributed by atoms with van der Waals surface area (Å²) in [7, 11) is 1.33. The largest absolute Gasteiger partial charge is 0.469 e. The Bertz CT molecular complexity index is 835. The van der Waals surface area contributed by atoms with Crippen LogP contribution in [0.15, 0.2) is 35.1 Å². The first-order valence-electron chi connectivity index (χ1n) is 5.66. The van der Waals surface area contributed by atoms with Crippen molar-refractivity contribution < 1.29 is 9.53 Å². The highest BCUT2D eigenvalue weighted by Gasteiger charge is 2.11. The second-order valence-corrected chi connectivity index (χ2v) is 5.12. The van der Waals surface area contributed by atoms with Crippen LogP contribution in [0, 0.1) is 0 Å². The molecule has 0 bridgehead atoms. The van der Waals surface area contributed by atoms with Crippen molar-refractivity contribution in [3.8, 4) is 0 Å². The van der Waals surface area contributed by atoms with Crippen molar-refractivity contribution in [1.29, 1.82) is 0 Å². The second-order valence-electron chi connectivity index (χ2n) is 4.02. The molecule has 0 amide bonds. The number of aromatic nitrogens is 2. The van der Waals surface area contributed by atoms with Crippen LogP contribution >= 0.6 is 11.3 Å². The molecular weight excluding hydrogens is 264 g/mol. The standard InChI is InChI=1S/C13H10N2O3S/c1-18-12(17)7-8-6-11(16)15-10-5-3-2-4-9(10)14-13(15)19-8/h2-6H,7H2,1H3. The summed E-state index contributed by atoms with van der Waals surface area (Å²) < 4.78 is 6.16. The first kappa shape index (κ1) is 11.9. The van der Waals surface area contributed by atoms with Crippen molar-refractivity contribution in [1.82, 2.24) is 9.38 Å². The van der Waals surface area contributed by atoms with E-state index in [1.807, 2.05) is 24.3 Å². The highest BCUT2D eigenvalue weighted by molar-refractivity contribution is 7.16. The summed E-state index contributed by atoms with van der Waals surface area (Å²) in [4.78, 5) is 29.0. The van der Waals surface area contributed by atoms with Gasteiger partial charge in [-0.05, 0) is 12.1 Å². The summed E-state index contributed by atoms with van der Waals surface area (Å²) in [5, 5.41) is 0. The van der Waals surface area contributed by atoms with E-state index in [9.17, 15) is 9.59 Å². The number of carbonyl (C=O) groups excluding carboxylic acids is 1. The predicted octanol–water partition coefficient (Wildman–Crippen LogP) is 1.62. The fraction of sp³-hybridized carbons (Fsp3) is 0.154. The van der Waals surface area contributed by atoms with E-state index in [0.29, 0.717) is 9.84 Å². The number of benzene rings is 1. The van der Waals surface area contributed by atoms with Gasteiger partial charge in [-0.15, -0.1) is 11.3 Å². The van der Waals surface area contributed by atoms with E-state index in [2.05, 4.69) is 9.72 Å². The van der Waals surface area contributed by atoms with E-state index in [1.54, 1.807) is 4.40 Å². The second kappa shape index (κ2) is 4.47. The van der Waals surface area contributed by atoms with Crippen molar-refractivity contribution in [2.24, 2.45) is 0 Å². The fourth-order valence-corrected chi connectivity index (χ4v) is 2.94. The third-order valence-corrected chi connectivity index (χ3v) is 3.78. The minimum atomic E-state index is -0.365. The summed E-state index contributed by atoms with van der Waals surface area (Å²) in [6, 6.07) is 8.91. The van der Waals surface area contributed by atoms with E-state index in [4.69, 9.17) is 0 Å². The predicted molar refractivity (Wildman–Crippen MR) is 72.6 cm³/mol. The third kappa shape index (κ3) is 2.00. The SMILES string of the molecule is COC(=O)Cc1cc(=O)n2c(nc3ccccc32)s1. The van der Waals surface area contributed by atoms with Crippen LogP contribution in [-0.2, 0) is 16.0 Å². The fourth-order valence-electron chi connectivity index (χ4n) is 1.94. The van der Waals surface area contributed by atoms with Crippen LogP contribution in [0.3, 0.4) is 0 Å². The smallest absolute Gasteiger partial charge is 0.310 e. The normalized spacial score (nSPS) is 11.0. The molecule has 2 heterocycles. The van der Waals surface area contributed by atoms with Crippen molar-refractivity contribution in [3.63, 3.8) is 0 Å². The molecule has 0 saturated heterocycles. The summed E-state index contributed by atoms with van der Waals surface area (Å²) in [6.07, 6.45) is 0.0934. The molecule has 0 spiro atoms. The van der Waals surface area contributed by atoms with Gasteiger partial charge in [0, 0.05) is 10.9 Å². The summed E-state index contributed by atoms with van der Waals surface area (Å²) in [6.45, 7) is 0. The minimum Gasteiger partial charge on any atom is -0.469 e. The lowest BCUT2D eigenvalue weighted by Crippen LogP contribution is -2.13. The molecule has 1 aromatic carbocycles. The van der Waals surface area contributed by atoms with Gasteiger partial charge in [-0.1, -0.05) is 12.1 Å². The molecule has 0 aliphatic heterocycles. The Morgan fingerprint density at radius 2 is 2.21 bits per heavy atom. The van der Waals surface area contributed by atoms with Crippen LogP contribution in [0.2, 0.25) is 0 Å². The molecule has 0 aliphatic carbocycles. The molecule has 0 unspecified atom stereocenters. The van der Waals surface area contributed by atoms with Crippen molar-refractivity contribution in [2.45, 2.75) is 6.42 Å². The Morgan fingerprint density at radius 1 is 1.42 bits per heavy atom. The van der Waals surface area contributed by atoms with Gasteiger partial charge in [0.25, 0.3) is 5.56 Å². The lowest BCUT2D eigenvalue weighted by molar-refractivity contribution is -0.139. The number of nitrogens with zero attached hydrogens (tertiary/aromatic N) is 2. The van der Waals surface area contributed by atoms with Gasteiger partial charge in [0.1, 0.15) is 0 Å². The molecule has 0 atom stereocenters. The Morgan fingerprint density at radius 3 is 3.00 bits per heavy atom. The molecule has 0 saturated carbocycles. The van der Waals surface area contributed by atoms with E-state index in [-0.39, 0.29) is 17.9 Å². The Labute approximate surface area is 112 Å². The Hall–Kier alpha value is -2.21. The van der Waals surface area contributed by atoms with Gasteiger partial charge < -0.3 is 4.74 Å². The average Bonchev–Trinajstić information content (AvgIpc) is 2.76. The highest BCUT2D eigenvalue weighted by atomic mass is 32.1. The summed E-state index contributed by atoms with van der Waals surface area (Å²) >= 11 is 1.32. The van der Waals surface area contributed by atoms with Gasteiger partial charge in [0.05, 0.1) is 24.6 Å². The molecule has 3 rings (SSSR count). The van der Waals surface area contributed by atoms with Gasteiger partial charge >= 0.3 is 5.97 Å². The first-order chi connectivity index (χ1) is 9.19. The average molecular weight is 274 g/mol. The number of imidazole rings is 1. The number of ether oxygens (including phenoxy) is 1. The van der Waals surface area contributed by atoms with E-state index < -0.39 is 0 Å². The molecule has 0 N–H and O–H groups in total. The van der Waals surface area contributed by atoms with Crippen LogP contribution in [0.1, 0.15) is 4.88 Å². The zero-order chi connectivity index (χ0) is 13.4. The molecule has 96 valence electrons. The van der Waals surface area contributed by atoms with Crippen LogP contribution < -0.4 is 5.56 Å². The maximum atomic E-state index is 12.1. The van der Waals surface area contributed by atoms with Crippen LogP contribution in [0.4, 0.5) is 0 Å². The van der Waals surface area contributed by atoms with Crippen molar-refractivity contribution in [2.75, 3.05) is 7.11 Å². The summed E-state index contributed by atoms with van der Waals surface area (Å²) in [5.41, 5.74) is 1.37. The number of hydrogen-bond donors (Lipinski definition) is 0. The van der Waals surface area contributed by atoms with Gasteiger partial charge in [-0.2, -0.15) is 0 Å². The van der Waals surface area contributed by atoms with Crippen molar-refractivity contribution >= 4 is 33.3 Å². The van der Waals surface area contributed by atoms with E-state index in [1.165, 1.54) is 24.5 Å². The van der Waals surface area contributed by atoms with Crippen LogP contribution in [-0.4, -0.2) is 22.5 Å². The molecule has 6 heteroatoms. The zero-order valence-corrected chi connectivity index (χ0v) is 10.9. The van der Waals surface area contributed by atoms with E-state index in [0.717, 1.165) is 11.0 Å². The van der Waals surface area contributed by atoms with Gasteiger partial charge in [-0.3, -0.25) is 14.0 Å². The molecule has 0 aliphatic rings. The maximum absolute atomic E-state index is 12.1. The summed E-state index contributed by atoms with van der Waals surface area (Å²) in [5.74, 6) is -0.365. The molecule has 5 nitrogen and oxygen atoms in total. The number of esters is 1. The lowest BCUT2D eigenvalue weighted by atomic mass is 10.3.